The van der Waals surface area contributed by atoms with E-state index >= 15 is 0 Å². The number of fused-ring (bicyclic) bond motifs is 1. The third kappa shape index (κ3) is 3.23. The van der Waals surface area contributed by atoms with Gasteiger partial charge in [0.15, 0.2) is 0 Å². The van der Waals surface area contributed by atoms with E-state index in [-0.39, 0.29) is 0 Å². The fourth-order valence-electron chi connectivity index (χ4n) is 3.95. The van der Waals surface area contributed by atoms with Crippen molar-refractivity contribution in [1.29, 1.82) is 0 Å². The zero-order valence-electron chi connectivity index (χ0n) is 15.4. The Bertz CT molecular complexity index is 861. The maximum Gasteiger partial charge on any atom is 0.0617 e. The summed E-state index contributed by atoms with van der Waals surface area (Å²) in [5.74, 6) is 0. The average molecular weight is 540 g/mol. The van der Waals surface area contributed by atoms with E-state index in [4.69, 9.17) is 0 Å². The molecule has 0 fully saturated rings. The topological polar surface area (TPSA) is 0 Å². The summed E-state index contributed by atoms with van der Waals surface area (Å²) in [6.45, 7) is 14.5. The predicted octanol–water partition coefficient (Wildman–Crippen LogP) is 9.60. The Morgan fingerprint density at radius 2 is 1.48 bits per heavy atom. The van der Waals surface area contributed by atoms with Crippen LogP contribution in [-0.4, -0.2) is 15.7 Å². The van der Waals surface area contributed by atoms with Crippen LogP contribution in [0.1, 0.15) is 41.5 Å². The summed E-state index contributed by atoms with van der Waals surface area (Å²) in [6.07, 6.45) is 0. The highest BCUT2D eigenvalue weighted by Gasteiger charge is 2.38. The second kappa shape index (κ2) is 7.59. The number of hydrogen-bond acceptors (Lipinski definition) is 3. The third-order valence-corrected chi connectivity index (χ3v) is 16.9. The molecule has 0 atom stereocenters. The highest BCUT2D eigenvalue weighted by Crippen LogP contribution is 2.69. The zero-order chi connectivity index (χ0) is 18.5. The molecule has 0 saturated heterocycles. The van der Waals surface area contributed by atoms with Crippen molar-refractivity contribution in [3.05, 3.63) is 26.5 Å². The average Bonchev–Trinajstić information content (AvgIpc) is 3.16. The van der Waals surface area contributed by atoms with Crippen LogP contribution in [0.2, 0.25) is 0 Å². The van der Waals surface area contributed by atoms with Gasteiger partial charge in [-0.25, -0.2) is 0 Å². The van der Waals surface area contributed by atoms with Crippen molar-refractivity contribution in [2.75, 3.05) is 0 Å². The van der Waals surface area contributed by atoms with Crippen molar-refractivity contribution < 1.29 is 0 Å². The van der Waals surface area contributed by atoms with Crippen LogP contribution in [0.25, 0.3) is 19.2 Å². The van der Waals surface area contributed by atoms with E-state index in [1.165, 1.54) is 28.1 Å². The predicted molar refractivity (Wildman–Crippen MR) is 130 cm³/mol. The molecule has 0 aliphatic carbocycles. The third-order valence-electron chi connectivity index (χ3n) is 4.80. The second-order valence-electron chi connectivity index (χ2n) is 7.01. The van der Waals surface area contributed by atoms with Crippen LogP contribution in [0.15, 0.2) is 30.7 Å². The quantitative estimate of drug-likeness (QED) is 0.302. The van der Waals surface area contributed by atoms with Gasteiger partial charge in [0.05, 0.1) is 18.9 Å². The molecule has 0 unspecified atom stereocenters. The van der Waals surface area contributed by atoms with E-state index in [1.807, 2.05) is 22.7 Å². The summed E-state index contributed by atoms with van der Waals surface area (Å²) in [6, 6.07) is 4.65. The summed E-state index contributed by atoms with van der Waals surface area (Å²) in [5.41, 5.74) is 0. The number of hydrogen-bond donors (Lipinski definition) is 0. The number of rotatable bonds is 5. The Balaban J connectivity index is 2.18. The van der Waals surface area contributed by atoms with Crippen molar-refractivity contribution in [3.63, 3.8) is 0 Å². The van der Waals surface area contributed by atoms with Crippen LogP contribution in [0.4, 0.5) is 0 Å². The fourth-order valence-corrected chi connectivity index (χ4v) is 16.7. The first kappa shape index (κ1) is 20.4. The molecular formula is C19H24Br2S4. The van der Waals surface area contributed by atoms with Crippen molar-refractivity contribution >= 4 is 85.3 Å². The molecule has 138 valence electrons. The molecule has 3 rings (SSSR count). The molecule has 25 heavy (non-hydrogen) atoms. The first-order valence-electron chi connectivity index (χ1n) is 8.46. The minimum Gasteiger partial charge on any atom is -0.198 e. The van der Waals surface area contributed by atoms with E-state index in [9.17, 15) is 0 Å². The number of halogens is 2. The van der Waals surface area contributed by atoms with Gasteiger partial charge in [-0.05, 0) is 65.1 Å². The number of thiophene rings is 3. The SMILES string of the molecule is CC(C)S(c1cc2sc(-c3sccc3Br)c(Br)c2s1)(C(C)C)C(C)C. The lowest BCUT2D eigenvalue weighted by Crippen LogP contribution is -2.28. The molecule has 0 aromatic carbocycles. The van der Waals surface area contributed by atoms with Crippen molar-refractivity contribution in [1.82, 2.24) is 0 Å². The lowest BCUT2D eigenvalue weighted by molar-refractivity contribution is 0.942. The van der Waals surface area contributed by atoms with E-state index in [0.717, 1.165) is 0 Å². The van der Waals surface area contributed by atoms with Gasteiger partial charge in [0.25, 0.3) is 0 Å². The molecule has 3 aromatic heterocycles. The largest absolute Gasteiger partial charge is 0.198 e. The lowest BCUT2D eigenvalue weighted by Gasteiger charge is -2.50. The maximum absolute atomic E-state index is 3.91. The van der Waals surface area contributed by atoms with Gasteiger partial charge in [-0.15, -0.1) is 34.0 Å². The molecule has 0 spiro atoms. The van der Waals surface area contributed by atoms with Crippen LogP contribution in [0.5, 0.6) is 0 Å². The molecule has 6 heteroatoms. The van der Waals surface area contributed by atoms with Gasteiger partial charge in [-0.3, -0.25) is 0 Å². The van der Waals surface area contributed by atoms with Crippen molar-refractivity contribution in [2.45, 2.75) is 61.5 Å². The van der Waals surface area contributed by atoms with E-state index < -0.39 is 10.0 Å². The highest BCUT2D eigenvalue weighted by molar-refractivity contribution is 9.11. The molecule has 0 aliphatic heterocycles. The van der Waals surface area contributed by atoms with Gasteiger partial charge in [0, 0.05) is 13.4 Å². The maximum atomic E-state index is 3.91. The molecule has 0 radical (unpaired) electrons. The Hall–Kier alpha value is 0.670. The molecular weight excluding hydrogens is 516 g/mol. The Labute approximate surface area is 181 Å². The van der Waals surface area contributed by atoms with Gasteiger partial charge in [0.1, 0.15) is 0 Å². The molecule has 0 nitrogen and oxygen atoms in total. The van der Waals surface area contributed by atoms with Crippen molar-refractivity contribution in [2.24, 2.45) is 0 Å². The summed E-state index contributed by atoms with van der Waals surface area (Å²) < 4.78 is 6.96. The van der Waals surface area contributed by atoms with Crippen LogP contribution in [0, 0.1) is 0 Å². The first-order chi connectivity index (χ1) is 11.7. The van der Waals surface area contributed by atoms with Gasteiger partial charge in [0.2, 0.25) is 0 Å². The van der Waals surface area contributed by atoms with Gasteiger partial charge >= 0.3 is 0 Å². The summed E-state index contributed by atoms with van der Waals surface area (Å²) in [4.78, 5) is 2.69. The molecule has 0 aliphatic rings. The Morgan fingerprint density at radius 1 is 0.880 bits per heavy atom. The molecule has 3 aromatic rings. The molecule has 0 saturated carbocycles. The summed E-state index contributed by atoms with van der Waals surface area (Å²) >= 11 is 13.4. The standard InChI is InChI=1S/C19H24Br2S4/c1-10(2)25(11(3)4,12(5)6)15-9-14-18(24-15)16(21)19(23-14)17-13(20)7-8-22-17/h7-12H,1-6H3. The lowest BCUT2D eigenvalue weighted by atomic mass is 10.4. The highest BCUT2D eigenvalue weighted by atomic mass is 79.9. The van der Waals surface area contributed by atoms with Crippen LogP contribution in [-0.2, 0) is 0 Å². The summed E-state index contributed by atoms with van der Waals surface area (Å²) in [7, 11) is -0.851. The van der Waals surface area contributed by atoms with Crippen molar-refractivity contribution in [3.8, 4) is 9.75 Å². The van der Waals surface area contributed by atoms with E-state index in [1.54, 1.807) is 15.5 Å². The van der Waals surface area contributed by atoms with Gasteiger partial charge in [-0.1, -0.05) is 41.5 Å². The van der Waals surface area contributed by atoms with Crippen LogP contribution in [0.3, 0.4) is 0 Å². The Kier molecular flexibility index (Phi) is 6.20. The fraction of sp³-hybridized carbons (Fsp3) is 0.474. The minimum absolute atomic E-state index is 0.699. The molecule has 0 amide bonds. The van der Waals surface area contributed by atoms with Gasteiger partial charge < -0.3 is 0 Å². The summed E-state index contributed by atoms with van der Waals surface area (Å²) in [5, 5.41) is 4.25. The van der Waals surface area contributed by atoms with Crippen LogP contribution < -0.4 is 0 Å². The molecule has 0 bridgehead atoms. The van der Waals surface area contributed by atoms with Gasteiger partial charge in [-0.2, -0.15) is 10.0 Å². The van der Waals surface area contributed by atoms with E-state index in [0.29, 0.717) is 15.7 Å². The van der Waals surface area contributed by atoms with E-state index in [2.05, 4.69) is 90.9 Å². The zero-order valence-corrected chi connectivity index (χ0v) is 21.8. The Morgan fingerprint density at radius 3 is 1.92 bits per heavy atom. The first-order valence-corrected chi connectivity index (χ1v) is 14.4. The monoisotopic (exact) mass is 538 g/mol. The minimum atomic E-state index is -0.851. The molecule has 0 N–H and O–H groups in total. The smallest absolute Gasteiger partial charge is 0.0617 e. The van der Waals surface area contributed by atoms with Crippen LogP contribution >= 0.6 is 75.9 Å². The normalized spacial score (nSPS) is 13.7. The second-order valence-corrected chi connectivity index (χ2v) is 16.7. The molecule has 3 heterocycles.